The summed E-state index contributed by atoms with van der Waals surface area (Å²) in [5.41, 5.74) is 7.19. The van der Waals surface area contributed by atoms with E-state index in [1.165, 1.54) is 37.0 Å². The second-order valence-corrected chi connectivity index (χ2v) is 7.98. The summed E-state index contributed by atoms with van der Waals surface area (Å²) >= 11 is 1.72. The lowest BCUT2D eigenvalue weighted by Crippen LogP contribution is -2.34. The molecule has 1 aromatic heterocycles. The number of carbonyl (C=O) groups is 1. The summed E-state index contributed by atoms with van der Waals surface area (Å²) < 4.78 is 5.70. The third-order valence-electron chi connectivity index (χ3n) is 5.01. The van der Waals surface area contributed by atoms with E-state index < -0.39 is 0 Å². The number of benzene rings is 1. The van der Waals surface area contributed by atoms with E-state index >= 15 is 0 Å². The second kappa shape index (κ2) is 9.19. The molecule has 4 nitrogen and oxygen atoms in total. The number of hydrogen-bond acceptors (Lipinski definition) is 4. The van der Waals surface area contributed by atoms with Gasteiger partial charge in [0.2, 0.25) is 0 Å². The maximum Gasteiger partial charge on any atom is 0.255 e. The normalized spacial score (nSPS) is 16.2. The van der Waals surface area contributed by atoms with Gasteiger partial charge >= 0.3 is 0 Å². The fourth-order valence-corrected chi connectivity index (χ4v) is 4.56. The van der Waals surface area contributed by atoms with E-state index in [-0.39, 0.29) is 11.9 Å². The Labute approximate surface area is 159 Å². The molecule has 5 heteroatoms. The van der Waals surface area contributed by atoms with Crippen molar-refractivity contribution in [3.8, 4) is 5.75 Å². The van der Waals surface area contributed by atoms with Crippen LogP contribution in [0.4, 0.5) is 0 Å². The van der Waals surface area contributed by atoms with Gasteiger partial charge in [0.1, 0.15) is 12.4 Å². The number of nitrogens with one attached hydrogen (secondary N) is 1. The molecule has 1 aliphatic carbocycles. The van der Waals surface area contributed by atoms with Crippen molar-refractivity contribution in [3.63, 3.8) is 0 Å². The van der Waals surface area contributed by atoms with Crippen LogP contribution in [0.15, 0.2) is 35.7 Å². The Balaban J connectivity index is 1.82. The summed E-state index contributed by atoms with van der Waals surface area (Å²) in [7, 11) is 0. The molecule has 2 aromatic rings. The third kappa shape index (κ3) is 4.65. The zero-order valence-electron chi connectivity index (χ0n) is 15.4. The Morgan fingerprint density at radius 1 is 1.31 bits per heavy atom. The van der Waals surface area contributed by atoms with Gasteiger partial charge in [0, 0.05) is 11.4 Å². The summed E-state index contributed by atoms with van der Waals surface area (Å²) in [6, 6.07) is 9.98. The molecule has 0 radical (unpaired) electrons. The van der Waals surface area contributed by atoms with Crippen molar-refractivity contribution in [2.45, 2.75) is 45.1 Å². The van der Waals surface area contributed by atoms with Gasteiger partial charge in [-0.05, 0) is 49.3 Å². The lowest BCUT2D eigenvalue weighted by atomic mass is 9.83. The summed E-state index contributed by atoms with van der Waals surface area (Å²) in [6.45, 7) is 2.82. The average molecular weight is 373 g/mol. The molecular weight excluding hydrogens is 344 g/mol. The number of carbonyl (C=O) groups excluding carboxylic acids is 1. The van der Waals surface area contributed by atoms with E-state index in [2.05, 4.69) is 22.8 Å². The number of amides is 1. The van der Waals surface area contributed by atoms with Gasteiger partial charge in [0.15, 0.2) is 0 Å². The minimum absolute atomic E-state index is 0.0651. The molecule has 26 heavy (non-hydrogen) atoms. The lowest BCUT2D eigenvalue weighted by Gasteiger charge is -2.30. The Morgan fingerprint density at radius 2 is 2.12 bits per heavy atom. The van der Waals surface area contributed by atoms with Crippen LogP contribution in [0.5, 0.6) is 5.75 Å². The first-order chi connectivity index (χ1) is 12.7. The van der Waals surface area contributed by atoms with Crippen LogP contribution in [0.1, 0.15) is 58.9 Å². The third-order valence-corrected chi connectivity index (χ3v) is 5.97. The number of aryl methyl sites for hydroxylation is 1. The maximum atomic E-state index is 13.1. The Hall–Kier alpha value is -1.85. The highest BCUT2D eigenvalue weighted by Gasteiger charge is 2.28. The average Bonchev–Trinajstić information content (AvgIpc) is 3.20. The fraction of sp³-hybridized carbons (Fsp3) is 0.476. The van der Waals surface area contributed by atoms with Gasteiger partial charge in [-0.15, -0.1) is 11.3 Å². The van der Waals surface area contributed by atoms with Crippen LogP contribution in [-0.4, -0.2) is 19.1 Å². The molecule has 1 amide bonds. The first-order valence-corrected chi connectivity index (χ1v) is 10.3. The van der Waals surface area contributed by atoms with Gasteiger partial charge in [-0.1, -0.05) is 37.0 Å². The summed E-state index contributed by atoms with van der Waals surface area (Å²) in [4.78, 5) is 14.3. The molecule has 0 bridgehead atoms. The predicted molar refractivity (Wildman–Crippen MR) is 107 cm³/mol. The summed E-state index contributed by atoms with van der Waals surface area (Å²) in [6.07, 6.45) is 6.15. The Bertz CT molecular complexity index is 709. The van der Waals surface area contributed by atoms with Crippen molar-refractivity contribution in [3.05, 3.63) is 51.7 Å². The second-order valence-electron chi connectivity index (χ2n) is 7.00. The van der Waals surface area contributed by atoms with E-state index in [0.717, 1.165) is 5.56 Å². The molecule has 0 spiro atoms. The van der Waals surface area contributed by atoms with Crippen molar-refractivity contribution < 1.29 is 9.53 Å². The standard InChI is InChI=1S/C21H28N2O2S/c1-15-9-10-18(25-12-11-22)17(14-15)21(24)23-20(19-8-5-13-26-19)16-6-3-2-4-7-16/h5,8-10,13-14,16,20H,2-4,6-7,11-12,22H2,1H3,(H,23,24)/t20-/m1/s1. The fourth-order valence-electron chi connectivity index (χ4n) is 3.69. The highest BCUT2D eigenvalue weighted by Crippen LogP contribution is 2.36. The molecule has 1 aliphatic rings. The van der Waals surface area contributed by atoms with Crippen LogP contribution in [0.3, 0.4) is 0 Å². The van der Waals surface area contributed by atoms with Crippen LogP contribution in [-0.2, 0) is 0 Å². The van der Waals surface area contributed by atoms with Gasteiger partial charge in [0.25, 0.3) is 5.91 Å². The summed E-state index contributed by atoms with van der Waals surface area (Å²) in [5, 5.41) is 5.39. The molecule has 1 aromatic carbocycles. The highest BCUT2D eigenvalue weighted by molar-refractivity contribution is 7.10. The van der Waals surface area contributed by atoms with Gasteiger partial charge in [0.05, 0.1) is 11.6 Å². The van der Waals surface area contributed by atoms with Crippen LogP contribution >= 0.6 is 11.3 Å². The molecule has 1 fully saturated rings. The van der Waals surface area contributed by atoms with Gasteiger partial charge in [-0.3, -0.25) is 4.79 Å². The first-order valence-electron chi connectivity index (χ1n) is 9.47. The van der Waals surface area contributed by atoms with Gasteiger partial charge in [-0.25, -0.2) is 0 Å². The van der Waals surface area contributed by atoms with Crippen molar-refractivity contribution in [1.82, 2.24) is 5.32 Å². The largest absolute Gasteiger partial charge is 0.491 e. The van der Waals surface area contributed by atoms with E-state index in [4.69, 9.17) is 10.5 Å². The first kappa shape index (κ1) is 18.9. The topological polar surface area (TPSA) is 64.3 Å². The number of nitrogens with two attached hydrogens (primary N) is 1. The molecule has 3 rings (SSSR count). The number of rotatable bonds is 7. The Kier molecular flexibility index (Phi) is 6.69. The quantitative estimate of drug-likeness (QED) is 0.755. The Morgan fingerprint density at radius 3 is 2.81 bits per heavy atom. The molecule has 3 N–H and O–H groups in total. The van der Waals surface area contributed by atoms with Crippen LogP contribution in [0.2, 0.25) is 0 Å². The zero-order valence-corrected chi connectivity index (χ0v) is 16.2. The number of thiophene rings is 1. The maximum absolute atomic E-state index is 13.1. The van der Waals surface area contributed by atoms with Gasteiger partial charge < -0.3 is 15.8 Å². The van der Waals surface area contributed by atoms with Crippen molar-refractivity contribution in [1.29, 1.82) is 0 Å². The highest BCUT2D eigenvalue weighted by atomic mass is 32.1. The SMILES string of the molecule is Cc1ccc(OCCN)c(C(=O)N[C@@H](c2cccs2)C2CCCCC2)c1. The minimum Gasteiger partial charge on any atom is -0.491 e. The number of hydrogen-bond donors (Lipinski definition) is 2. The minimum atomic E-state index is -0.0651. The molecule has 0 saturated heterocycles. The smallest absolute Gasteiger partial charge is 0.255 e. The molecule has 1 atom stereocenters. The predicted octanol–water partition coefficient (Wildman–Crippen LogP) is 4.45. The monoisotopic (exact) mass is 372 g/mol. The van der Waals surface area contributed by atoms with Crippen molar-refractivity contribution >= 4 is 17.2 Å². The van der Waals surface area contributed by atoms with Crippen LogP contribution in [0, 0.1) is 12.8 Å². The molecule has 140 valence electrons. The molecular formula is C21H28N2O2S. The van der Waals surface area contributed by atoms with E-state index in [0.29, 0.717) is 30.4 Å². The number of ether oxygens (including phenoxy) is 1. The van der Waals surface area contributed by atoms with Gasteiger partial charge in [-0.2, -0.15) is 0 Å². The van der Waals surface area contributed by atoms with Crippen LogP contribution in [0.25, 0.3) is 0 Å². The molecule has 0 aliphatic heterocycles. The summed E-state index contributed by atoms with van der Waals surface area (Å²) in [5.74, 6) is 1.04. The van der Waals surface area contributed by atoms with Crippen molar-refractivity contribution in [2.24, 2.45) is 11.7 Å². The van der Waals surface area contributed by atoms with E-state index in [1.807, 2.05) is 25.1 Å². The van der Waals surface area contributed by atoms with E-state index in [1.54, 1.807) is 11.3 Å². The zero-order chi connectivity index (χ0) is 18.4. The molecule has 0 unspecified atom stereocenters. The molecule has 1 heterocycles. The molecule has 1 saturated carbocycles. The van der Waals surface area contributed by atoms with E-state index in [9.17, 15) is 4.79 Å². The van der Waals surface area contributed by atoms with Crippen LogP contribution < -0.4 is 15.8 Å². The lowest BCUT2D eigenvalue weighted by molar-refractivity contribution is 0.0909. The van der Waals surface area contributed by atoms with Crippen molar-refractivity contribution in [2.75, 3.05) is 13.2 Å².